The van der Waals surface area contributed by atoms with Crippen LogP contribution in [-0.2, 0) is 19.1 Å². The molecule has 0 aromatic carbocycles. The Labute approximate surface area is 117 Å². The number of hydrogen-bond acceptors (Lipinski definition) is 4. The van der Waals surface area contributed by atoms with Crippen LogP contribution in [0.15, 0.2) is 0 Å². The molecule has 3 aliphatic rings. The summed E-state index contributed by atoms with van der Waals surface area (Å²) in [6, 6.07) is 0. The molecule has 3 unspecified atom stereocenters. The molecule has 0 radical (unpaired) electrons. The molecule has 2 N–H and O–H groups in total. The zero-order valence-corrected chi connectivity index (χ0v) is 11.5. The average molecular weight is 283 g/mol. The Morgan fingerprint density at radius 1 is 1.25 bits per heavy atom. The van der Waals surface area contributed by atoms with Gasteiger partial charge < -0.3 is 19.9 Å². The molecular weight excluding hydrogens is 262 g/mol. The minimum Gasteiger partial charge on any atom is -0.481 e. The van der Waals surface area contributed by atoms with Gasteiger partial charge in [-0.05, 0) is 32.1 Å². The SMILES string of the molecule is O=C(NCC1(C(=O)O)CCOCC1)C1CC2CCC1O2. The van der Waals surface area contributed by atoms with Gasteiger partial charge in [0.2, 0.25) is 5.91 Å². The van der Waals surface area contributed by atoms with Crippen molar-refractivity contribution >= 4 is 11.9 Å². The van der Waals surface area contributed by atoms with E-state index in [9.17, 15) is 14.7 Å². The largest absolute Gasteiger partial charge is 0.481 e. The number of carbonyl (C=O) groups is 2. The summed E-state index contributed by atoms with van der Waals surface area (Å²) in [5, 5.41) is 12.3. The summed E-state index contributed by atoms with van der Waals surface area (Å²) in [7, 11) is 0. The minimum absolute atomic E-state index is 0.0375. The quantitative estimate of drug-likeness (QED) is 0.787. The third-order valence-corrected chi connectivity index (χ3v) is 4.95. The number of carboxylic acids is 1. The molecule has 1 amide bonds. The second-order valence-electron chi connectivity index (χ2n) is 6.13. The smallest absolute Gasteiger partial charge is 0.311 e. The molecule has 3 saturated heterocycles. The maximum absolute atomic E-state index is 12.2. The first-order valence-electron chi connectivity index (χ1n) is 7.35. The van der Waals surface area contributed by atoms with Crippen molar-refractivity contribution in [1.82, 2.24) is 5.32 Å². The number of nitrogens with one attached hydrogen (secondary N) is 1. The Morgan fingerprint density at radius 2 is 2.00 bits per heavy atom. The molecule has 3 atom stereocenters. The summed E-state index contributed by atoms with van der Waals surface area (Å²) in [5.74, 6) is -0.992. The molecule has 3 fully saturated rings. The summed E-state index contributed by atoms with van der Waals surface area (Å²) in [6.45, 7) is 1.08. The summed E-state index contributed by atoms with van der Waals surface area (Å²) in [6.07, 6.45) is 3.94. The Bertz CT molecular complexity index is 404. The molecule has 0 aromatic rings. The maximum Gasteiger partial charge on any atom is 0.311 e. The lowest BCUT2D eigenvalue weighted by atomic mass is 9.80. The molecule has 0 aliphatic carbocycles. The topological polar surface area (TPSA) is 84.9 Å². The van der Waals surface area contributed by atoms with Gasteiger partial charge in [-0.3, -0.25) is 9.59 Å². The Hall–Kier alpha value is -1.14. The van der Waals surface area contributed by atoms with Crippen LogP contribution in [0, 0.1) is 11.3 Å². The lowest BCUT2D eigenvalue weighted by Crippen LogP contribution is -2.48. The van der Waals surface area contributed by atoms with Crippen LogP contribution in [-0.4, -0.2) is 48.9 Å². The van der Waals surface area contributed by atoms with Crippen molar-refractivity contribution in [2.24, 2.45) is 11.3 Å². The standard InChI is InChI=1S/C14H21NO5/c16-12(10-7-9-1-2-11(10)20-9)15-8-14(13(17)18)3-5-19-6-4-14/h9-11H,1-8H2,(H,15,16)(H,17,18). The lowest BCUT2D eigenvalue weighted by Gasteiger charge is -2.33. The molecule has 3 rings (SSSR count). The van der Waals surface area contributed by atoms with Gasteiger partial charge in [0.25, 0.3) is 0 Å². The first-order chi connectivity index (χ1) is 9.61. The van der Waals surface area contributed by atoms with Gasteiger partial charge in [0.1, 0.15) is 0 Å². The molecule has 112 valence electrons. The normalized spacial score (nSPS) is 34.9. The predicted molar refractivity (Wildman–Crippen MR) is 69.1 cm³/mol. The summed E-state index contributed by atoms with van der Waals surface area (Å²) in [4.78, 5) is 23.7. The summed E-state index contributed by atoms with van der Waals surface area (Å²) >= 11 is 0. The van der Waals surface area contributed by atoms with Crippen molar-refractivity contribution in [2.75, 3.05) is 19.8 Å². The number of ether oxygens (including phenoxy) is 2. The lowest BCUT2D eigenvalue weighted by molar-refractivity contribution is -0.154. The van der Waals surface area contributed by atoms with E-state index in [0.717, 1.165) is 19.3 Å². The van der Waals surface area contributed by atoms with Crippen LogP contribution in [0.25, 0.3) is 0 Å². The van der Waals surface area contributed by atoms with Gasteiger partial charge in [0, 0.05) is 19.8 Å². The fourth-order valence-electron chi connectivity index (χ4n) is 3.53. The van der Waals surface area contributed by atoms with E-state index in [4.69, 9.17) is 9.47 Å². The summed E-state index contributed by atoms with van der Waals surface area (Å²) in [5.41, 5.74) is -0.869. The van der Waals surface area contributed by atoms with Gasteiger partial charge in [-0.25, -0.2) is 0 Å². The number of aliphatic carboxylic acids is 1. The van der Waals surface area contributed by atoms with E-state index in [1.807, 2.05) is 0 Å². The van der Waals surface area contributed by atoms with Crippen LogP contribution < -0.4 is 5.32 Å². The predicted octanol–water partition coefficient (Wildman–Crippen LogP) is 0.551. The van der Waals surface area contributed by atoms with E-state index in [0.29, 0.717) is 26.1 Å². The van der Waals surface area contributed by atoms with Crippen LogP contribution in [0.4, 0.5) is 0 Å². The first kappa shape index (κ1) is 13.8. The minimum atomic E-state index is -0.869. The molecule has 0 aromatic heterocycles. The highest BCUT2D eigenvalue weighted by molar-refractivity contribution is 5.81. The zero-order valence-electron chi connectivity index (χ0n) is 11.5. The van der Waals surface area contributed by atoms with Crippen molar-refractivity contribution in [3.63, 3.8) is 0 Å². The number of rotatable bonds is 4. The number of carbonyl (C=O) groups excluding carboxylic acids is 1. The van der Waals surface area contributed by atoms with Crippen LogP contribution in [0.2, 0.25) is 0 Å². The zero-order chi connectivity index (χ0) is 14.2. The van der Waals surface area contributed by atoms with Crippen molar-refractivity contribution in [1.29, 1.82) is 0 Å². The fraction of sp³-hybridized carbons (Fsp3) is 0.857. The highest BCUT2D eigenvalue weighted by atomic mass is 16.5. The first-order valence-corrected chi connectivity index (χ1v) is 7.35. The number of hydrogen-bond donors (Lipinski definition) is 2. The molecule has 2 bridgehead atoms. The van der Waals surface area contributed by atoms with Crippen molar-refractivity contribution in [3.8, 4) is 0 Å². The molecule has 6 nitrogen and oxygen atoms in total. The van der Waals surface area contributed by atoms with Gasteiger partial charge in [-0.15, -0.1) is 0 Å². The van der Waals surface area contributed by atoms with E-state index in [1.54, 1.807) is 0 Å². The van der Waals surface area contributed by atoms with E-state index < -0.39 is 11.4 Å². The summed E-state index contributed by atoms with van der Waals surface area (Å²) < 4.78 is 10.9. The van der Waals surface area contributed by atoms with Gasteiger partial charge >= 0.3 is 5.97 Å². The van der Waals surface area contributed by atoms with Crippen LogP contribution in [0.3, 0.4) is 0 Å². The van der Waals surface area contributed by atoms with Gasteiger partial charge in [0.15, 0.2) is 0 Å². The highest BCUT2D eigenvalue weighted by Gasteiger charge is 2.46. The molecule has 3 heterocycles. The second kappa shape index (κ2) is 5.33. The molecule has 3 aliphatic heterocycles. The molecular formula is C14H21NO5. The van der Waals surface area contributed by atoms with Crippen LogP contribution in [0.1, 0.15) is 32.1 Å². The maximum atomic E-state index is 12.2. The average Bonchev–Trinajstić information content (AvgIpc) is 3.08. The van der Waals surface area contributed by atoms with Crippen molar-refractivity contribution < 1.29 is 24.2 Å². The van der Waals surface area contributed by atoms with E-state index >= 15 is 0 Å². The molecule has 0 saturated carbocycles. The van der Waals surface area contributed by atoms with Gasteiger partial charge in [-0.1, -0.05) is 0 Å². The Morgan fingerprint density at radius 3 is 2.55 bits per heavy atom. The van der Waals surface area contributed by atoms with E-state index in [-0.39, 0.29) is 30.6 Å². The monoisotopic (exact) mass is 283 g/mol. The Kier molecular flexibility index (Phi) is 3.69. The van der Waals surface area contributed by atoms with Crippen LogP contribution in [0.5, 0.6) is 0 Å². The highest BCUT2D eigenvalue weighted by Crippen LogP contribution is 2.39. The fourth-order valence-corrected chi connectivity index (χ4v) is 3.53. The van der Waals surface area contributed by atoms with E-state index in [1.165, 1.54) is 0 Å². The molecule has 0 spiro atoms. The number of amides is 1. The Balaban J connectivity index is 1.57. The number of fused-ring (bicyclic) bond motifs is 2. The second-order valence-corrected chi connectivity index (χ2v) is 6.13. The van der Waals surface area contributed by atoms with Crippen LogP contribution >= 0.6 is 0 Å². The van der Waals surface area contributed by atoms with E-state index in [2.05, 4.69) is 5.32 Å². The van der Waals surface area contributed by atoms with Gasteiger partial charge in [0.05, 0.1) is 23.5 Å². The third-order valence-electron chi connectivity index (χ3n) is 4.95. The molecule has 20 heavy (non-hydrogen) atoms. The van der Waals surface area contributed by atoms with Crippen molar-refractivity contribution in [2.45, 2.75) is 44.3 Å². The molecule has 6 heteroatoms. The van der Waals surface area contributed by atoms with Crippen molar-refractivity contribution in [3.05, 3.63) is 0 Å². The third kappa shape index (κ3) is 2.42. The van der Waals surface area contributed by atoms with Gasteiger partial charge in [-0.2, -0.15) is 0 Å². The number of carboxylic acid groups (broad SMARTS) is 1.